The maximum absolute atomic E-state index is 12.2. The van der Waals surface area contributed by atoms with Crippen molar-refractivity contribution in [2.24, 2.45) is 0 Å². The summed E-state index contributed by atoms with van der Waals surface area (Å²) in [5, 5.41) is 0.600. The Balaban J connectivity index is 3.22. The first-order valence-electron chi connectivity index (χ1n) is 4.97. The number of halogens is 4. The normalized spacial score (nSPS) is 10.8. The fourth-order valence-corrected chi connectivity index (χ4v) is 1.37. The largest absolute Gasteiger partial charge is 0.471 e. The van der Waals surface area contributed by atoms with Gasteiger partial charge in [-0.15, -0.1) is 0 Å². The number of hydrogen-bond donors (Lipinski definition) is 1. The SMILES string of the molecule is COC(=O)c1cc(C(=O)Cl)ccc1NC(=O)C(F)(F)F. The zero-order chi connectivity index (χ0) is 15.5. The van der Waals surface area contributed by atoms with Gasteiger partial charge in [0.05, 0.1) is 18.4 Å². The summed E-state index contributed by atoms with van der Waals surface area (Å²) in [6.45, 7) is 0. The Bertz CT molecular complexity index is 571. The molecule has 0 aromatic heterocycles. The minimum atomic E-state index is -5.12. The van der Waals surface area contributed by atoms with Crippen molar-refractivity contribution in [1.29, 1.82) is 0 Å². The van der Waals surface area contributed by atoms with Crippen LogP contribution in [0.2, 0.25) is 0 Å². The standard InChI is InChI=1S/C11H7ClF3NO4/c1-20-9(18)6-4-5(8(12)17)2-3-7(6)16-10(19)11(13,14)15/h2-4H,1H3,(H,16,19). The molecule has 0 heterocycles. The number of methoxy groups -OCH3 is 1. The van der Waals surface area contributed by atoms with Crippen LogP contribution in [0.4, 0.5) is 18.9 Å². The average molecular weight is 310 g/mol. The summed E-state index contributed by atoms with van der Waals surface area (Å²) in [5.41, 5.74) is -0.991. The Labute approximate surface area is 115 Å². The van der Waals surface area contributed by atoms with Gasteiger partial charge in [0.2, 0.25) is 0 Å². The number of amides is 1. The highest BCUT2D eigenvalue weighted by atomic mass is 35.5. The summed E-state index contributed by atoms with van der Waals surface area (Å²) in [6, 6.07) is 2.94. The molecule has 0 spiro atoms. The number of alkyl halides is 3. The molecule has 0 saturated carbocycles. The van der Waals surface area contributed by atoms with Crippen molar-refractivity contribution >= 4 is 34.4 Å². The molecular formula is C11H7ClF3NO4. The van der Waals surface area contributed by atoms with Gasteiger partial charge in [-0.2, -0.15) is 13.2 Å². The summed E-state index contributed by atoms with van der Waals surface area (Å²) in [6.07, 6.45) is -5.12. The van der Waals surface area contributed by atoms with Crippen LogP contribution in [0.25, 0.3) is 0 Å². The molecule has 0 aliphatic heterocycles. The van der Waals surface area contributed by atoms with Crippen molar-refractivity contribution in [3.8, 4) is 0 Å². The molecule has 108 valence electrons. The summed E-state index contributed by atoms with van der Waals surface area (Å²) in [5.74, 6) is -3.28. The Hall–Kier alpha value is -2.09. The van der Waals surface area contributed by atoms with E-state index in [0.717, 1.165) is 25.3 Å². The van der Waals surface area contributed by atoms with Crippen molar-refractivity contribution < 1.29 is 32.3 Å². The van der Waals surface area contributed by atoms with E-state index in [-0.39, 0.29) is 5.56 Å². The number of benzene rings is 1. The molecule has 9 heteroatoms. The summed E-state index contributed by atoms with van der Waals surface area (Å²) in [7, 11) is 0.993. The lowest BCUT2D eigenvalue weighted by Crippen LogP contribution is -2.30. The van der Waals surface area contributed by atoms with Crippen molar-refractivity contribution in [3.05, 3.63) is 29.3 Å². The van der Waals surface area contributed by atoms with Crippen molar-refractivity contribution in [2.75, 3.05) is 12.4 Å². The Morgan fingerprint density at radius 3 is 2.30 bits per heavy atom. The van der Waals surface area contributed by atoms with Crippen molar-refractivity contribution in [3.63, 3.8) is 0 Å². The van der Waals surface area contributed by atoms with Crippen molar-refractivity contribution in [2.45, 2.75) is 6.18 Å². The molecule has 0 radical (unpaired) electrons. The predicted octanol–water partition coefficient (Wildman–Crippen LogP) is 2.35. The van der Waals surface area contributed by atoms with Gasteiger partial charge in [0.1, 0.15) is 0 Å². The first-order valence-corrected chi connectivity index (χ1v) is 5.35. The summed E-state index contributed by atoms with van der Waals surface area (Å²) >= 11 is 5.20. The Morgan fingerprint density at radius 1 is 1.25 bits per heavy atom. The van der Waals surface area contributed by atoms with Gasteiger partial charge in [-0.3, -0.25) is 9.59 Å². The smallest absolute Gasteiger partial charge is 0.465 e. The molecule has 0 aliphatic rings. The number of hydrogen-bond acceptors (Lipinski definition) is 4. The lowest BCUT2D eigenvalue weighted by molar-refractivity contribution is -0.167. The zero-order valence-electron chi connectivity index (χ0n) is 9.88. The molecule has 0 fully saturated rings. The topological polar surface area (TPSA) is 72.5 Å². The molecule has 1 rings (SSSR count). The van der Waals surface area contributed by atoms with Crippen LogP contribution >= 0.6 is 11.6 Å². The molecule has 1 aromatic carbocycles. The zero-order valence-corrected chi connectivity index (χ0v) is 10.6. The van der Waals surface area contributed by atoms with E-state index in [9.17, 15) is 27.6 Å². The summed E-state index contributed by atoms with van der Waals surface area (Å²) < 4.78 is 40.8. The third kappa shape index (κ3) is 3.70. The van der Waals surface area contributed by atoms with Gasteiger partial charge >= 0.3 is 18.1 Å². The van der Waals surface area contributed by atoms with Crippen LogP contribution in [0.15, 0.2) is 18.2 Å². The maximum atomic E-state index is 12.2. The third-order valence-electron chi connectivity index (χ3n) is 2.16. The van der Waals surface area contributed by atoms with E-state index >= 15 is 0 Å². The Morgan fingerprint density at radius 2 is 1.85 bits per heavy atom. The molecule has 0 saturated heterocycles. The van der Waals surface area contributed by atoms with Gasteiger partial charge in [0.25, 0.3) is 5.24 Å². The van der Waals surface area contributed by atoms with Gasteiger partial charge < -0.3 is 10.1 Å². The number of esters is 1. The van der Waals surface area contributed by atoms with E-state index in [1.807, 2.05) is 0 Å². The molecular weight excluding hydrogens is 303 g/mol. The fourth-order valence-electron chi connectivity index (χ4n) is 1.25. The van der Waals surface area contributed by atoms with E-state index in [1.54, 1.807) is 0 Å². The molecule has 0 aliphatic carbocycles. The number of rotatable bonds is 3. The number of carbonyl (C=O) groups is 3. The summed E-state index contributed by atoms with van der Waals surface area (Å²) in [4.78, 5) is 33.2. The second kappa shape index (κ2) is 5.91. The third-order valence-corrected chi connectivity index (χ3v) is 2.38. The first kappa shape index (κ1) is 16.0. The quantitative estimate of drug-likeness (QED) is 0.687. The molecule has 0 atom stereocenters. The highest BCUT2D eigenvalue weighted by Crippen LogP contribution is 2.23. The van der Waals surface area contributed by atoms with Crippen LogP contribution < -0.4 is 5.32 Å². The van der Waals surface area contributed by atoms with Crippen LogP contribution in [0, 0.1) is 0 Å². The molecule has 1 aromatic rings. The Kier molecular flexibility index (Phi) is 4.72. The van der Waals surface area contributed by atoms with Crippen LogP contribution in [0.1, 0.15) is 20.7 Å². The molecule has 5 nitrogen and oxygen atoms in total. The second-order valence-corrected chi connectivity index (χ2v) is 3.82. The fraction of sp³-hybridized carbons (Fsp3) is 0.182. The van der Waals surface area contributed by atoms with Gasteiger partial charge in [0, 0.05) is 5.56 Å². The lowest BCUT2D eigenvalue weighted by Gasteiger charge is -2.12. The van der Waals surface area contributed by atoms with E-state index in [0.29, 0.717) is 0 Å². The lowest BCUT2D eigenvalue weighted by atomic mass is 10.1. The average Bonchev–Trinajstić information content (AvgIpc) is 2.36. The maximum Gasteiger partial charge on any atom is 0.471 e. The first-order chi connectivity index (χ1) is 9.16. The number of nitrogens with one attached hydrogen (secondary N) is 1. The van der Waals surface area contributed by atoms with E-state index in [4.69, 9.17) is 11.6 Å². The number of carbonyl (C=O) groups excluding carboxylic acids is 3. The van der Waals surface area contributed by atoms with Gasteiger partial charge in [-0.05, 0) is 29.8 Å². The van der Waals surface area contributed by atoms with E-state index < -0.39 is 34.5 Å². The second-order valence-electron chi connectivity index (χ2n) is 3.48. The minimum Gasteiger partial charge on any atom is -0.465 e. The van der Waals surface area contributed by atoms with Gasteiger partial charge in [-0.1, -0.05) is 0 Å². The van der Waals surface area contributed by atoms with Crippen LogP contribution in [-0.2, 0) is 9.53 Å². The van der Waals surface area contributed by atoms with Gasteiger partial charge in [-0.25, -0.2) is 4.79 Å². The van der Waals surface area contributed by atoms with Crippen molar-refractivity contribution in [1.82, 2.24) is 0 Å². The predicted molar refractivity (Wildman–Crippen MR) is 62.6 cm³/mol. The molecule has 0 unspecified atom stereocenters. The molecule has 1 amide bonds. The highest BCUT2D eigenvalue weighted by molar-refractivity contribution is 6.67. The van der Waals surface area contributed by atoms with Crippen LogP contribution in [0.5, 0.6) is 0 Å². The minimum absolute atomic E-state index is 0.128. The van der Waals surface area contributed by atoms with Crippen LogP contribution in [-0.4, -0.2) is 30.4 Å². The van der Waals surface area contributed by atoms with Crippen LogP contribution in [0.3, 0.4) is 0 Å². The monoisotopic (exact) mass is 309 g/mol. The van der Waals surface area contributed by atoms with E-state index in [2.05, 4.69) is 4.74 Å². The molecule has 20 heavy (non-hydrogen) atoms. The number of anilines is 1. The highest BCUT2D eigenvalue weighted by Gasteiger charge is 2.39. The van der Waals surface area contributed by atoms with E-state index in [1.165, 1.54) is 5.32 Å². The molecule has 0 bridgehead atoms. The van der Waals surface area contributed by atoms with Gasteiger partial charge in [0.15, 0.2) is 0 Å². The number of ether oxygens (including phenoxy) is 1. The molecule has 1 N–H and O–H groups in total.